The smallest absolute Gasteiger partial charge is 0.236 e. The van der Waals surface area contributed by atoms with Crippen molar-refractivity contribution in [1.82, 2.24) is 10.2 Å². The monoisotopic (exact) mass is 316 g/mol. The molecule has 2 fully saturated rings. The van der Waals surface area contributed by atoms with Crippen molar-refractivity contribution in [1.29, 1.82) is 0 Å². The zero-order valence-electron chi connectivity index (χ0n) is 14.1. The van der Waals surface area contributed by atoms with E-state index in [0.717, 1.165) is 50.6 Å². The van der Waals surface area contributed by atoms with E-state index in [-0.39, 0.29) is 5.91 Å². The molecular formula is C19H28N2O2. The number of likely N-dealkylation sites (tertiary alicyclic amines) is 1. The van der Waals surface area contributed by atoms with Gasteiger partial charge in [-0.25, -0.2) is 0 Å². The molecule has 1 N–H and O–H groups in total. The average Bonchev–Trinajstić information content (AvgIpc) is 3.40. The van der Waals surface area contributed by atoms with Crippen molar-refractivity contribution in [3.05, 3.63) is 29.8 Å². The SMILES string of the molecule is COc1ccc(CC2CCN(C(=O)CNCC3CC3)CC2)cc1. The largest absolute Gasteiger partial charge is 0.497 e. The molecule has 1 heterocycles. The van der Waals surface area contributed by atoms with Crippen molar-refractivity contribution < 1.29 is 9.53 Å². The highest BCUT2D eigenvalue weighted by molar-refractivity contribution is 5.78. The Hall–Kier alpha value is -1.55. The third-order valence-electron chi connectivity index (χ3n) is 5.06. The number of piperidine rings is 1. The number of methoxy groups -OCH3 is 1. The molecule has 1 aliphatic heterocycles. The normalized spacial score (nSPS) is 18.9. The van der Waals surface area contributed by atoms with Gasteiger partial charge >= 0.3 is 0 Å². The van der Waals surface area contributed by atoms with Gasteiger partial charge in [0.2, 0.25) is 5.91 Å². The molecule has 0 atom stereocenters. The maximum Gasteiger partial charge on any atom is 0.236 e. The first-order chi connectivity index (χ1) is 11.2. The summed E-state index contributed by atoms with van der Waals surface area (Å²) < 4.78 is 5.20. The number of carbonyl (C=O) groups excluding carboxylic acids is 1. The maximum absolute atomic E-state index is 12.2. The Balaban J connectivity index is 1.37. The van der Waals surface area contributed by atoms with Crippen LogP contribution in [-0.4, -0.2) is 44.1 Å². The van der Waals surface area contributed by atoms with Crippen molar-refractivity contribution in [3.63, 3.8) is 0 Å². The molecule has 0 unspecified atom stereocenters. The second kappa shape index (κ2) is 7.82. The molecule has 4 heteroatoms. The highest BCUT2D eigenvalue weighted by Crippen LogP contribution is 2.27. The van der Waals surface area contributed by atoms with Gasteiger partial charge in [-0.05, 0) is 68.2 Å². The van der Waals surface area contributed by atoms with Gasteiger partial charge in [-0.1, -0.05) is 12.1 Å². The lowest BCUT2D eigenvalue weighted by atomic mass is 9.90. The molecule has 0 spiro atoms. The predicted molar refractivity (Wildman–Crippen MR) is 91.6 cm³/mol. The van der Waals surface area contributed by atoms with Crippen molar-refractivity contribution in [2.24, 2.45) is 11.8 Å². The number of amides is 1. The molecule has 0 bridgehead atoms. The molecule has 0 radical (unpaired) electrons. The summed E-state index contributed by atoms with van der Waals surface area (Å²) in [7, 11) is 1.70. The molecule has 0 aromatic heterocycles. The number of nitrogens with zero attached hydrogens (tertiary/aromatic N) is 1. The maximum atomic E-state index is 12.2. The Morgan fingerprint density at radius 2 is 1.83 bits per heavy atom. The van der Waals surface area contributed by atoms with Crippen LogP contribution in [0.3, 0.4) is 0 Å². The van der Waals surface area contributed by atoms with Crippen LogP contribution in [0.5, 0.6) is 5.75 Å². The summed E-state index contributed by atoms with van der Waals surface area (Å²) in [5.74, 6) is 2.70. The summed E-state index contributed by atoms with van der Waals surface area (Å²) in [5, 5.41) is 3.30. The van der Waals surface area contributed by atoms with Crippen molar-refractivity contribution in [2.75, 3.05) is 33.3 Å². The van der Waals surface area contributed by atoms with Crippen LogP contribution < -0.4 is 10.1 Å². The fourth-order valence-electron chi connectivity index (χ4n) is 3.30. The molecule has 1 amide bonds. The van der Waals surface area contributed by atoms with Gasteiger partial charge in [0.1, 0.15) is 5.75 Å². The average molecular weight is 316 g/mol. The van der Waals surface area contributed by atoms with E-state index in [2.05, 4.69) is 17.4 Å². The Morgan fingerprint density at radius 1 is 1.13 bits per heavy atom. The van der Waals surface area contributed by atoms with Crippen molar-refractivity contribution >= 4 is 5.91 Å². The van der Waals surface area contributed by atoms with Gasteiger partial charge in [-0.3, -0.25) is 4.79 Å². The first-order valence-electron chi connectivity index (χ1n) is 8.86. The summed E-state index contributed by atoms with van der Waals surface area (Å²) in [6.07, 6.45) is 5.99. The lowest BCUT2D eigenvalue weighted by molar-refractivity contribution is -0.131. The minimum absolute atomic E-state index is 0.272. The Kier molecular flexibility index (Phi) is 5.55. The summed E-state index contributed by atoms with van der Waals surface area (Å²) in [6.45, 7) is 3.34. The molecule has 1 aliphatic carbocycles. The number of hydrogen-bond acceptors (Lipinski definition) is 3. The van der Waals surface area contributed by atoms with Crippen LogP contribution in [0.25, 0.3) is 0 Å². The molecule has 1 saturated heterocycles. The molecule has 1 saturated carbocycles. The van der Waals surface area contributed by atoms with Crippen LogP contribution in [0.15, 0.2) is 24.3 Å². The fourth-order valence-corrected chi connectivity index (χ4v) is 3.30. The van der Waals surface area contributed by atoms with Crippen LogP contribution >= 0.6 is 0 Å². The summed E-state index contributed by atoms with van der Waals surface area (Å²) >= 11 is 0. The van der Waals surface area contributed by atoms with Gasteiger partial charge in [-0.15, -0.1) is 0 Å². The molecule has 1 aromatic rings. The number of benzene rings is 1. The lowest BCUT2D eigenvalue weighted by Crippen LogP contribution is -2.43. The highest BCUT2D eigenvalue weighted by Gasteiger charge is 2.24. The number of nitrogens with one attached hydrogen (secondary N) is 1. The zero-order valence-corrected chi connectivity index (χ0v) is 14.1. The molecule has 1 aromatic carbocycles. The topological polar surface area (TPSA) is 41.6 Å². The van der Waals surface area contributed by atoms with Gasteiger partial charge < -0.3 is 15.0 Å². The van der Waals surface area contributed by atoms with E-state index in [9.17, 15) is 4.79 Å². The van der Waals surface area contributed by atoms with E-state index in [1.807, 2.05) is 17.0 Å². The van der Waals surface area contributed by atoms with E-state index in [1.165, 1.54) is 18.4 Å². The minimum atomic E-state index is 0.272. The summed E-state index contributed by atoms with van der Waals surface area (Å²) in [5.41, 5.74) is 1.36. The zero-order chi connectivity index (χ0) is 16.1. The van der Waals surface area contributed by atoms with Crippen LogP contribution in [0, 0.1) is 11.8 Å². The van der Waals surface area contributed by atoms with Gasteiger partial charge in [0.15, 0.2) is 0 Å². The Labute approximate surface area is 139 Å². The van der Waals surface area contributed by atoms with Crippen molar-refractivity contribution in [3.8, 4) is 5.75 Å². The number of carbonyl (C=O) groups is 1. The van der Waals surface area contributed by atoms with Crippen LogP contribution in [0.2, 0.25) is 0 Å². The quantitative estimate of drug-likeness (QED) is 0.840. The van der Waals surface area contributed by atoms with Crippen LogP contribution in [0.1, 0.15) is 31.2 Å². The molecule has 4 nitrogen and oxygen atoms in total. The molecular weight excluding hydrogens is 288 g/mol. The Bertz CT molecular complexity index is 503. The number of hydrogen-bond donors (Lipinski definition) is 1. The molecule has 3 rings (SSSR count). The summed E-state index contributed by atoms with van der Waals surface area (Å²) in [4.78, 5) is 14.2. The van der Waals surface area contributed by atoms with E-state index >= 15 is 0 Å². The van der Waals surface area contributed by atoms with Gasteiger partial charge in [0, 0.05) is 13.1 Å². The lowest BCUT2D eigenvalue weighted by Gasteiger charge is -2.32. The fraction of sp³-hybridized carbons (Fsp3) is 0.632. The van der Waals surface area contributed by atoms with E-state index in [4.69, 9.17) is 4.74 Å². The van der Waals surface area contributed by atoms with Gasteiger partial charge in [-0.2, -0.15) is 0 Å². The van der Waals surface area contributed by atoms with E-state index in [1.54, 1.807) is 7.11 Å². The minimum Gasteiger partial charge on any atom is -0.497 e. The number of rotatable bonds is 7. The number of ether oxygens (including phenoxy) is 1. The van der Waals surface area contributed by atoms with Crippen LogP contribution in [-0.2, 0) is 11.2 Å². The van der Waals surface area contributed by atoms with Gasteiger partial charge in [0.05, 0.1) is 13.7 Å². The van der Waals surface area contributed by atoms with E-state index in [0.29, 0.717) is 12.5 Å². The third-order valence-corrected chi connectivity index (χ3v) is 5.06. The van der Waals surface area contributed by atoms with Crippen LogP contribution in [0.4, 0.5) is 0 Å². The molecule has 23 heavy (non-hydrogen) atoms. The molecule has 126 valence electrons. The van der Waals surface area contributed by atoms with Gasteiger partial charge in [0.25, 0.3) is 0 Å². The first-order valence-corrected chi connectivity index (χ1v) is 8.86. The van der Waals surface area contributed by atoms with Crippen molar-refractivity contribution in [2.45, 2.75) is 32.1 Å². The molecule has 2 aliphatic rings. The standard InChI is InChI=1S/C19H28N2O2/c1-23-18-6-4-15(5-7-18)12-16-8-10-21(11-9-16)19(22)14-20-13-17-2-3-17/h4-7,16-17,20H,2-3,8-14H2,1H3. The second-order valence-electron chi connectivity index (χ2n) is 6.95. The third kappa shape index (κ3) is 4.96. The Morgan fingerprint density at radius 3 is 2.43 bits per heavy atom. The second-order valence-corrected chi connectivity index (χ2v) is 6.95. The first kappa shape index (κ1) is 16.3. The summed E-state index contributed by atoms with van der Waals surface area (Å²) in [6, 6.07) is 8.36. The predicted octanol–water partition coefficient (Wildman–Crippen LogP) is 2.48. The highest BCUT2D eigenvalue weighted by atomic mass is 16.5. The van der Waals surface area contributed by atoms with E-state index < -0.39 is 0 Å².